The number of amides is 1. The van der Waals surface area contributed by atoms with Crippen LogP contribution < -0.4 is 5.32 Å². The first-order chi connectivity index (χ1) is 10.9. The quantitative estimate of drug-likeness (QED) is 0.849. The van der Waals surface area contributed by atoms with Gasteiger partial charge in [0.1, 0.15) is 0 Å². The molecule has 1 aliphatic rings. The Labute approximate surface area is 137 Å². The summed E-state index contributed by atoms with van der Waals surface area (Å²) in [6.45, 7) is 5.63. The summed E-state index contributed by atoms with van der Waals surface area (Å²) < 4.78 is 31.3. The fraction of sp³-hybridized carbons (Fsp3) is 0.562. The van der Waals surface area contributed by atoms with Crippen molar-refractivity contribution in [3.05, 3.63) is 35.4 Å². The second kappa shape index (κ2) is 7.90. The third-order valence-electron chi connectivity index (χ3n) is 3.92. The highest BCUT2D eigenvalue weighted by molar-refractivity contribution is 7.88. The Morgan fingerprint density at radius 3 is 2.43 bits per heavy atom. The zero-order chi connectivity index (χ0) is 16.9. The minimum atomic E-state index is -3.34. The van der Waals surface area contributed by atoms with Crippen LogP contribution in [0.4, 0.5) is 0 Å². The second-order valence-corrected chi connectivity index (χ2v) is 7.72. The smallest absolute Gasteiger partial charge is 0.251 e. The number of hydrogen-bond acceptors (Lipinski definition) is 4. The van der Waals surface area contributed by atoms with Crippen molar-refractivity contribution in [1.82, 2.24) is 9.62 Å². The second-order valence-electron chi connectivity index (χ2n) is 5.75. The highest BCUT2D eigenvalue weighted by Crippen LogP contribution is 2.14. The van der Waals surface area contributed by atoms with Gasteiger partial charge in [0.15, 0.2) is 0 Å². The molecule has 1 amide bonds. The van der Waals surface area contributed by atoms with E-state index in [9.17, 15) is 13.2 Å². The third-order valence-corrected chi connectivity index (χ3v) is 5.77. The van der Waals surface area contributed by atoms with E-state index in [1.165, 1.54) is 4.31 Å². The number of carbonyl (C=O) groups is 1. The number of hydrogen-bond donors (Lipinski definition) is 1. The fourth-order valence-electron chi connectivity index (χ4n) is 2.29. The van der Waals surface area contributed by atoms with Crippen LogP contribution in [0.5, 0.6) is 0 Å². The van der Waals surface area contributed by atoms with E-state index in [4.69, 9.17) is 4.74 Å². The summed E-state index contributed by atoms with van der Waals surface area (Å²) in [6.07, 6.45) is 0.863. The van der Waals surface area contributed by atoms with Crippen molar-refractivity contribution in [2.75, 3.05) is 26.3 Å². The molecule has 7 heteroatoms. The molecule has 1 aliphatic heterocycles. The summed E-state index contributed by atoms with van der Waals surface area (Å²) in [5.41, 5.74) is 1.22. The molecule has 1 saturated heterocycles. The summed E-state index contributed by atoms with van der Waals surface area (Å²) in [5, 5.41) is 2.89. The van der Waals surface area contributed by atoms with E-state index in [0.29, 0.717) is 37.4 Å². The lowest BCUT2D eigenvalue weighted by Crippen LogP contribution is -2.41. The summed E-state index contributed by atoms with van der Waals surface area (Å²) in [6, 6.07) is 6.85. The van der Waals surface area contributed by atoms with Crippen LogP contribution in [0.2, 0.25) is 0 Å². The SMILES string of the molecule is CC[C@@H](C)NC(=O)c1ccc(CS(=O)(=O)N2CCOCC2)cc1. The van der Waals surface area contributed by atoms with Crippen LogP contribution in [-0.2, 0) is 20.5 Å². The first-order valence-corrected chi connectivity index (χ1v) is 9.48. The minimum Gasteiger partial charge on any atom is -0.379 e. The van der Waals surface area contributed by atoms with E-state index in [1.54, 1.807) is 24.3 Å². The van der Waals surface area contributed by atoms with Crippen LogP contribution in [0, 0.1) is 0 Å². The van der Waals surface area contributed by atoms with Gasteiger partial charge < -0.3 is 10.1 Å². The van der Waals surface area contributed by atoms with Gasteiger partial charge in [-0.25, -0.2) is 8.42 Å². The Morgan fingerprint density at radius 2 is 1.87 bits per heavy atom. The lowest BCUT2D eigenvalue weighted by Gasteiger charge is -2.26. The lowest BCUT2D eigenvalue weighted by atomic mass is 10.1. The molecule has 1 heterocycles. The van der Waals surface area contributed by atoms with Crippen molar-refractivity contribution in [2.24, 2.45) is 0 Å². The molecule has 0 spiro atoms. The van der Waals surface area contributed by atoms with Crippen LogP contribution in [0.15, 0.2) is 24.3 Å². The summed E-state index contributed by atoms with van der Waals surface area (Å²) in [5.74, 6) is -0.192. The van der Waals surface area contributed by atoms with Gasteiger partial charge in [0, 0.05) is 24.7 Å². The normalized spacial score (nSPS) is 17.7. The number of nitrogens with zero attached hydrogens (tertiary/aromatic N) is 1. The molecule has 1 atom stereocenters. The monoisotopic (exact) mass is 340 g/mol. The van der Waals surface area contributed by atoms with Crippen LogP contribution in [0.3, 0.4) is 0 Å². The molecular weight excluding hydrogens is 316 g/mol. The van der Waals surface area contributed by atoms with Gasteiger partial charge in [0.2, 0.25) is 10.0 Å². The first-order valence-electron chi connectivity index (χ1n) is 7.87. The number of benzene rings is 1. The first kappa shape index (κ1) is 17.9. The van der Waals surface area contributed by atoms with Gasteiger partial charge in [-0.2, -0.15) is 4.31 Å². The number of nitrogens with one attached hydrogen (secondary N) is 1. The van der Waals surface area contributed by atoms with Crippen molar-refractivity contribution in [3.63, 3.8) is 0 Å². The molecule has 1 N–H and O–H groups in total. The van der Waals surface area contributed by atoms with Gasteiger partial charge in [0.25, 0.3) is 5.91 Å². The predicted molar refractivity (Wildman–Crippen MR) is 88.7 cm³/mol. The van der Waals surface area contributed by atoms with Gasteiger partial charge in [0.05, 0.1) is 19.0 Å². The van der Waals surface area contributed by atoms with E-state index < -0.39 is 10.0 Å². The van der Waals surface area contributed by atoms with Gasteiger partial charge in [-0.15, -0.1) is 0 Å². The molecule has 1 aromatic rings. The van der Waals surface area contributed by atoms with Gasteiger partial charge in [-0.1, -0.05) is 19.1 Å². The topological polar surface area (TPSA) is 75.7 Å². The largest absolute Gasteiger partial charge is 0.379 e. The minimum absolute atomic E-state index is 0.0553. The van der Waals surface area contributed by atoms with Crippen molar-refractivity contribution >= 4 is 15.9 Å². The maximum absolute atomic E-state index is 12.3. The van der Waals surface area contributed by atoms with Crippen LogP contribution >= 0.6 is 0 Å². The van der Waals surface area contributed by atoms with Crippen molar-refractivity contribution < 1.29 is 17.9 Å². The molecule has 0 bridgehead atoms. The number of ether oxygens (including phenoxy) is 1. The highest BCUT2D eigenvalue weighted by atomic mass is 32.2. The molecule has 1 fully saturated rings. The maximum atomic E-state index is 12.3. The lowest BCUT2D eigenvalue weighted by molar-refractivity contribution is 0.0729. The Hall–Kier alpha value is -1.44. The molecule has 2 rings (SSSR count). The molecular formula is C16H24N2O4S. The molecule has 6 nitrogen and oxygen atoms in total. The average molecular weight is 340 g/mol. The van der Waals surface area contributed by atoms with E-state index in [2.05, 4.69) is 5.32 Å². The van der Waals surface area contributed by atoms with Crippen molar-refractivity contribution in [1.29, 1.82) is 0 Å². The summed E-state index contributed by atoms with van der Waals surface area (Å²) in [4.78, 5) is 12.0. The maximum Gasteiger partial charge on any atom is 0.251 e. The molecule has 128 valence electrons. The van der Waals surface area contributed by atoms with E-state index in [1.807, 2.05) is 13.8 Å². The van der Waals surface area contributed by atoms with Gasteiger partial charge >= 0.3 is 0 Å². The Morgan fingerprint density at radius 1 is 1.26 bits per heavy atom. The Balaban J connectivity index is 2.00. The predicted octanol–water partition coefficient (Wildman–Crippen LogP) is 1.38. The molecule has 1 aromatic carbocycles. The van der Waals surface area contributed by atoms with Crippen molar-refractivity contribution in [2.45, 2.75) is 32.1 Å². The number of sulfonamides is 1. The number of carbonyl (C=O) groups excluding carboxylic acids is 1. The molecule has 23 heavy (non-hydrogen) atoms. The third kappa shape index (κ3) is 5.02. The van der Waals surface area contributed by atoms with Gasteiger partial charge in [-0.3, -0.25) is 4.79 Å². The Kier molecular flexibility index (Phi) is 6.15. The van der Waals surface area contributed by atoms with Crippen LogP contribution in [-0.4, -0.2) is 51.0 Å². The zero-order valence-corrected chi connectivity index (χ0v) is 14.4. The molecule has 0 aliphatic carbocycles. The zero-order valence-electron chi connectivity index (χ0n) is 13.6. The Bertz CT molecular complexity index is 622. The van der Waals surface area contributed by atoms with Crippen LogP contribution in [0.1, 0.15) is 36.2 Å². The van der Waals surface area contributed by atoms with Crippen LogP contribution in [0.25, 0.3) is 0 Å². The van der Waals surface area contributed by atoms with E-state index >= 15 is 0 Å². The fourth-order valence-corrected chi connectivity index (χ4v) is 3.79. The van der Waals surface area contributed by atoms with Crippen molar-refractivity contribution in [3.8, 4) is 0 Å². The van der Waals surface area contributed by atoms with Gasteiger partial charge in [-0.05, 0) is 31.0 Å². The summed E-state index contributed by atoms with van der Waals surface area (Å²) >= 11 is 0. The molecule has 0 saturated carbocycles. The molecule has 0 radical (unpaired) electrons. The molecule has 0 unspecified atom stereocenters. The van der Waals surface area contributed by atoms with E-state index in [0.717, 1.165) is 6.42 Å². The summed E-state index contributed by atoms with van der Waals surface area (Å²) in [7, 11) is -3.34. The van der Waals surface area contributed by atoms with E-state index in [-0.39, 0.29) is 17.7 Å². The number of morpholine rings is 1. The molecule has 0 aromatic heterocycles. The highest BCUT2D eigenvalue weighted by Gasteiger charge is 2.24. The number of rotatable bonds is 6. The average Bonchev–Trinajstić information content (AvgIpc) is 2.55. The standard InChI is InChI=1S/C16H24N2O4S/c1-3-13(2)17-16(19)15-6-4-14(5-7-15)12-23(20,21)18-8-10-22-11-9-18/h4-7,13H,3,8-12H2,1-2H3,(H,17,19)/t13-/m1/s1.